The van der Waals surface area contributed by atoms with Crippen molar-refractivity contribution in [3.8, 4) is 0 Å². The molecule has 25 heavy (non-hydrogen) atoms. The first-order chi connectivity index (χ1) is 12.3. The number of amides is 1. The summed E-state index contributed by atoms with van der Waals surface area (Å²) in [5, 5.41) is 6.03. The normalized spacial score (nSPS) is 13.7. The summed E-state index contributed by atoms with van der Waals surface area (Å²) in [6.07, 6.45) is 7.79. The maximum absolute atomic E-state index is 12.3. The molecule has 6 heteroatoms. The van der Waals surface area contributed by atoms with Gasteiger partial charge >= 0.3 is 0 Å². The third kappa shape index (κ3) is 4.68. The number of benzene rings is 1. The number of hydrogen-bond donors (Lipinski definition) is 2. The molecule has 0 spiro atoms. The number of carbonyl (C=O) groups excluding carboxylic acids is 1. The largest absolute Gasteiger partial charge is 0.372 e. The average molecular weight is 339 g/mol. The maximum Gasteiger partial charge on any atom is 0.258 e. The van der Waals surface area contributed by atoms with Crippen LogP contribution in [-0.4, -0.2) is 35.5 Å². The zero-order chi connectivity index (χ0) is 17.5. The van der Waals surface area contributed by atoms with Crippen LogP contribution in [0.5, 0.6) is 0 Å². The summed E-state index contributed by atoms with van der Waals surface area (Å²) in [5.41, 5.74) is 2.43. The number of aromatic nitrogens is 2. The number of nitrogens with one attached hydrogen (secondary N) is 2. The molecule has 0 saturated carbocycles. The van der Waals surface area contributed by atoms with Crippen LogP contribution in [0.3, 0.4) is 0 Å². The van der Waals surface area contributed by atoms with Crippen molar-refractivity contribution in [1.82, 2.24) is 9.97 Å². The van der Waals surface area contributed by atoms with Gasteiger partial charge in [-0.05, 0) is 43.5 Å². The molecule has 1 aromatic carbocycles. The van der Waals surface area contributed by atoms with E-state index in [9.17, 15) is 4.79 Å². The van der Waals surface area contributed by atoms with Crippen LogP contribution in [0, 0.1) is 0 Å². The summed E-state index contributed by atoms with van der Waals surface area (Å²) >= 11 is 0. The van der Waals surface area contributed by atoms with Crippen molar-refractivity contribution in [2.75, 3.05) is 35.2 Å². The first-order valence-electron chi connectivity index (χ1n) is 8.98. The van der Waals surface area contributed by atoms with E-state index in [1.807, 2.05) is 12.1 Å². The number of anilines is 3. The monoisotopic (exact) mass is 339 g/mol. The Morgan fingerprint density at radius 2 is 1.80 bits per heavy atom. The maximum atomic E-state index is 12.3. The Morgan fingerprint density at radius 1 is 1.12 bits per heavy atom. The highest BCUT2D eigenvalue weighted by atomic mass is 16.1. The van der Waals surface area contributed by atoms with Crippen LogP contribution in [0.25, 0.3) is 0 Å². The molecule has 1 saturated heterocycles. The number of carbonyl (C=O) groups is 1. The molecule has 1 fully saturated rings. The quantitative estimate of drug-likeness (QED) is 0.755. The second kappa shape index (κ2) is 8.46. The van der Waals surface area contributed by atoms with E-state index in [-0.39, 0.29) is 5.91 Å². The van der Waals surface area contributed by atoms with Gasteiger partial charge < -0.3 is 15.5 Å². The smallest absolute Gasteiger partial charge is 0.258 e. The van der Waals surface area contributed by atoms with E-state index in [2.05, 4.69) is 44.6 Å². The Morgan fingerprint density at radius 3 is 2.44 bits per heavy atom. The summed E-state index contributed by atoms with van der Waals surface area (Å²) < 4.78 is 0. The van der Waals surface area contributed by atoms with Crippen LogP contribution in [0.4, 0.5) is 17.3 Å². The van der Waals surface area contributed by atoms with Crippen molar-refractivity contribution in [3.05, 3.63) is 42.2 Å². The summed E-state index contributed by atoms with van der Waals surface area (Å²) in [4.78, 5) is 23.0. The molecule has 2 heterocycles. The van der Waals surface area contributed by atoms with E-state index >= 15 is 0 Å². The second-order valence-electron chi connectivity index (χ2n) is 6.27. The molecule has 0 aliphatic carbocycles. The lowest BCUT2D eigenvalue weighted by molar-refractivity contribution is 0.102. The lowest BCUT2D eigenvalue weighted by atomic mass is 10.2. The van der Waals surface area contributed by atoms with E-state index in [4.69, 9.17) is 0 Å². The van der Waals surface area contributed by atoms with Crippen LogP contribution in [0.15, 0.2) is 36.7 Å². The van der Waals surface area contributed by atoms with Gasteiger partial charge in [0.2, 0.25) is 5.95 Å². The molecule has 6 nitrogen and oxygen atoms in total. The molecule has 1 aliphatic rings. The van der Waals surface area contributed by atoms with E-state index < -0.39 is 0 Å². The van der Waals surface area contributed by atoms with Gasteiger partial charge in [0.1, 0.15) is 0 Å². The predicted octanol–water partition coefficient (Wildman–Crippen LogP) is 3.54. The highest BCUT2D eigenvalue weighted by Crippen LogP contribution is 2.22. The van der Waals surface area contributed by atoms with Gasteiger partial charge in [0, 0.05) is 43.4 Å². The molecule has 1 aromatic heterocycles. The van der Waals surface area contributed by atoms with Crippen molar-refractivity contribution in [1.29, 1.82) is 0 Å². The van der Waals surface area contributed by atoms with Crippen molar-refractivity contribution >= 4 is 23.2 Å². The van der Waals surface area contributed by atoms with Crippen LogP contribution < -0.4 is 15.5 Å². The highest BCUT2D eigenvalue weighted by molar-refractivity contribution is 6.03. The van der Waals surface area contributed by atoms with E-state index in [0.29, 0.717) is 11.5 Å². The molecule has 0 bridgehead atoms. The fraction of sp³-hybridized carbons (Fsp3) is 0.421. The molecule has 2 N–H and O–H groups in total. The van der Waals surface area contributed by atoms with Crippen LogP contribution in [-0.2, 0) is 0 Å². The molecule has 0 radical (unpaired) electrons. The van der Waals surface area contributed by atoms with Gasteiger partial charge in [-0.15, -0.1) is 0 Å². The standard InChI is InChI=1S/C19H25N5O/c1-2-3-10-20-19-21-13-15(14-22-19)18(25)23-16-6-8-17(9-7-16)24-11-4-5-12-24/h6-9,13-14H,2-5,10-12H2,1H3,(H,23,25)(H,20,21,22). The molecule has 132 valence electrons. The summed E-state index contributed by atoms with van der Waals surface area (Å²) in [5.74, 6) is 0.356. The first kappa shape index (κ1) is 17.2. The molecule has 1 amide bonds. The molecule has 2 aromatic rings. The lowest BCUT2D eigenvalue weighted by Gasteiger charge is -2.17. The molecule has 0 atom stereocenters. The van der Waals surface area contributed by atoms with Crippen molar-refractivity contribution < 1.29 is 4.79 Å². The topological polar surface area (TPSA) is 70.2 Å². The minimum Gasteiger partial charge on any atom is -0.372 e. The molecule has 1 aliphatic heterocycles. The molecular formula is C19H25N5O. The van der Waals surface area contributed by atoms with Crippen LogP contribution in [0.2, 0.25) is 0 Å². The fourth-order valence-corrected chi connectivity index (χ4v) is 2.85. The Labute approximate surface area is 148 Å². The Bertz CT molecular complexity index is 678. The van der Waals surface area contributed by atoms with Crippen molar-refractivity contribution in [3.63, 3.8) is 0 Å². The third-order valence-corrected chi connectivity index (χ3v) is 4.32. The van der Waals surface area contributed by atoms with Gasteiger partial charge in [-0.1, -0.05) is 13.3 Å². The Kier molecular flexibility index (Phi) is 5.82. The SMILES string of the molecule is CCCCNc1ncc(C(=O)Nc2ccc(N3CCCC3)cc2)cn1. The van der Waals surface area contributed by atoms with Gasteiger partial charge in [0.25, 0.3) is 5.91 Å². The van der Waals surface area contributed by atoms with Crippen LogP contribution in [0.1, 0.15) is 43.0 Å². The lowest BCUT2D eigenvalue weighted by Crippen LogP contribution is -2.17. The minimum atomic E-state index is -0.200. The number of nitrogens with zero attached hydrogens (tertiary/aromatic N) is 3. The minimum absolute atomic E-state index is 0.200. The fourth-order valence-electron chi connectivity index (χ4n) is 2.85. The highest BCUT2D eigenvalue weighted by Gasteiger charge is 2.12. The summed E-state index contributed by atoms with van der Waals surface area (Å²) in [6, 6.07) is 7.98. The van der Waals surface area contributed by atoms with Crippen molar-refractivity contribution in [2.24, 2.45) is 0 Å². The van der Waals surface area contributed by atoms with Gasteiger partial charge in [0.05, 0.1) is 5.56 Å². The summed E-state index contributed by atoms with van der Waals surface area (Å²) in [7, 11) is 0. The van der Waals surface area contributed by atoms with Gasteiger partial charge in [-0.2, -0.15) is 0 Å². The van der Waals surface area contributed by atoms with Gasteiger partial charge in [-0.25, -0.2) is 9.97 Å². The van der Waals surface area contributed by atoms with Gasteiger partial charge in [-0.3, -0.25) is 4.79 Å². The van der Waals surface area contributed by atoms with Crippen molar-refractivity contribution in [2.45, 2.75) is 32.6 Å². The zero-order valence-corrected chi connectivity index (χ0v) is 14.7. The Hall–Kier alpha value is -2.63. The number of unbranched alkanes of at least 4 members (excludes halogenated alkanes) is 1. The molecule has 3 rings (SSSR count). The third-order valence-electron chi connectivity index (χ3n) is 4.32. The number of hydrogen-bond acceptors (Lipinski definition) is 5. The average Bonchev–Trinajstić information content (AvgIpc) is 3.18. The van der Waals surface area contributed by atoms with Gasteiger partial charge in [0.15, 0.2) is 0 Å². The second-order valence-corrected chi connectivity index (χ2v) is 6.27. The van der Waals surface area contributed by atoms with E-state index in [1.54, 1.807) is 12.4 Å². The van der Waals surface area contributed by atoms with Crippen LogP contribution >= 0.6 is 0 Å². The summed E-state index contributed by atoms with van der Waals surface area (Å²) in [6.45, 7) is 5.20. The van der Waals surface area contributed by atoms with E-state index in [1.165, 1.54) is 18.5 Å². The van der Waals surface area contributed by atoms with E-state index in [0.717, 1.165) is 38.2 Å². The molecular weight excluding hydrogens is 314 g/mol. The number of rotatable bonds is 7. The first-order valence-corrected chi connectivity index (χ1v) is 8.98. The predicted molar refractivity (Wildman–Crippen MR) is 101 cm³/mol. The molecule has 0 unspecified atom stereocenters. The zero-order valence-electron chi connectivity index (χ0n) is 14.7. The Balaban J connectivity index is 1.56.